The number of nitrogens with zero attached hydrogens (tertiary/aromatic N) is 3. The molecule has 190 valence electrons. The van der Waals surface area contributed by atoms with Crippen LogP contribution in [0.5, 0.6) is 0 Å². The number of Topliss-reactive ketones (excluding diaryl/α,β-unsaturated/α-hetero) is 1. The van der Waals surface area contributed by atoms with Crippen LogP contribution < -0.4 is 0 Å². The number of halogens is 3. The Balaban J connectivity index is 1.56. The van der Waals surface area contributed by atoms with Crippen LogP contribution in [0.4, 0.5) is 13.2 Å². The van der Waals surface area contributed by atoms with Gasteiger partial charge in [-0.25, -0.2) is 0 Å². The van der Waals surface area contributed by atoms with Crippen molar-refractivity contribution >= 4 is 23.1 Å². The second-order valence-corrected chi connectivity index (χ2v) is 10.3. The molecule has 0 radical (unpaired) electrons. The lowest BCUT2D eigenvalue weighted by Crippen LogP contribution is -2.27. The van der Waals surface area contributed by atoms with E-state index in [4.69, 9.17) is 0 Å². The molecule has 1 fully saturated rings. The van der Waals surface area contributed by atoms with E-state index in [-0.39, 0.29) is 23.9 Å². The molecule has 0 bridgehead atoms. The third-order valence-corrected chi connectivity index (χ3v) is 7.50. The molecule has 0 N–H and O–H groups in total. The van der Waals surface area contributed by atoms with E-state index in [1.54, 1.807) is 56.7 Å². The van der Waals surface area contributed by atoms with Gasteiger partial charge in [0.15, 0.2) is 10.7 Å². The zero-order valence-electron chi connectivity index (χ0n) is 19.9. The van der Waals surface area contributed by atoms with Gasteiger partial charge in [-0.15, -0.1) is 4.31 Å². The van der Waals surface area contributed by atoms with E-state index < -0.39 is 23.1 Å². The number of carbonyl (C=O) groups excluding carboxylic acids is 2. The molecule has 36 heavy (non-hydrogen) atoms. The number of hydrogen-bond donors (Lipinski definition) is 0. The van der Waals surface area contributed by atoms with Crippen molar-refractivity contribution in [2.75, 3.05) is 27.2 Å². The van der Waals surface area contributed by atoms with E-state index in [0.29, 0.717) is 34.7 Å². The van der Waals surface area contributed by atoms with Gasteiger partial charge in [0.25, 0.3) is 5.91 Å². The minimum Gasteiger partial charge on any atom is -0.593 e. The summed E-state index contributed by atoms with van der Waals surface area (Å²) in [6, 6.07) is 12.9. The molecule has 4 rings (SSSR count). The van der Waals surface area contributed by atoms with Crippen molar-refractivity contribution in [1.82, 2.24) is 13.8 Å². The number of aromatic nitrogens is 1. The maximum absolute atomic E-state index is 13.0. The molecule has 1 saturated heterocycles. The number of ketones is 1. The highest BCUT2D eigenvalue weighted by Crippen LogP contribution is 2.32. The van der Waals surface area contributed by atoms with Crippen molar-refractivity contribution < 1.29 is 27.3 Å². The topological polar surface area (TPSA) is 68.6 Å². The highest BCUT2D eigenvalue weighted by Gasteiger charge is 2.31. The number of hydrogen-bond acceptors (Lipinski definition) is 4. The smallest absolute Gasteiger partial charge is 0.416 e. The lowest BCUT2D eigenvalue weighted by atomic mass is 10.0. The third-order valence-electron chi connectivity index (χ3n) is 6.04. The Labute approximate surface area is 210 Å². The first-order valence-electron chi connectivity index (χ1n) is 11.4. The van der Waals surface area contributed by atoms with E-state index in [1.165, 1.54) is 15.5 Å². The van der Waals surface area contributed by atoms with E-state index in [1.807, 2.05) is 4.31 Å². The number of amides is 1. The van der Waals surface area contributed by atoms with Gasteiger partial charge >= 0.3 is 6.18 Å². The molecular formula is C26H26F3N3O3S. The van der Waals surface area contributed by atoms with Crippen LogP contribution in [0.1, 0.15) is 39.3 Å². The van der Waals surface area contributed by atoms with Gasteiger partial charge in [-0.2, -0.15) is 13.2 Å². The summed E-state index contributed by atoms with van der Waals surface area (Å²) >= 11 is -1.42. The van der Waals surface area contributed by atoms with Gasteiger partial charge in [-0.3, -0.25) is 9.59 Å². The summed E-state index contributed by atoms with van der Waals surface area (Å²) in [7, 11) is 3.20. The Bertz CT molecular complexity index is 1250. The van der Waals surface area contributed by atoms with Gasteiger partial charge in [0.05, 0.1) is 29.7 Å². The molecule has 1 amide bonds. The van der Waals surface area contributed by atoms with Crippen molar-refractivity contribution in [3.05, 3.63) is 77.6 Å². The molecular weight excluding hydrogens is 491 g/mol. The first kappa shape index (κ1) is 26.0. The molecule has 3 aromatic rings. The molecule has 0 aliphatic carbocycles. The molecule has 1 aliphatic heterocycles. The average Bonchev–Trinajstić information content (AvgIpc) is 3.53. The second kappa shape index (κ2) is 10.5. The number of alkyl halides is 3. The maximum atomic E-state index is 13.0. The largest absolute Gasteiger partial charge is 0.593 e. The van der Waals surface area contributed by atoms with Gasteiger partial charge < -0.3 is 14.0 Å². The van der Waals surface area contributed by atoms with Crippen LogP contribution in [0.3, 0.4) is 0 Å². The van der Waals surface area contributed by atoms with Crippen molar-refractivity contribution in [1.29, 1.82) is 0 Å². The van der Waals surface area contributed by atoms with Crippen LogP contribution in [0, 0.1) is 0 Å². The molecule has 1 aliphatic rings. The molecule has 2 aromatic carbocycles. The van der Waals surface area contributed by atoms with Crippen molar-refractivity contribution in [2.45, 2.75) is 30.5 Å². The first-order chi connectivity index (χ1) is 17.0. The molecule has 6 nitrogen and oxygen atoms in total. The lowest BCUT2D eigenvalue weighted by Gasteiger charge is -2.17. The highest BCUT2D eigenvalue weighted by atomic mass is 32.2. The predicted octanol–water partition coefficient (Wildman–Crippen LogP) is 4.88. The lowest BCUT2D eigenvalue weighted by molar-refractivity contribution is -0.137. The standard InChI is InChI=1S/C26H26F3N3O3S/c1-30(2)25(34)23-15-22(36(35)32-12-3-4-13-32)16-31(23)17-24(33)19-10-8-18(9-11-19)20-6-5-7-21(14-20)26(27,28)29/h5-11,14-16H,3-4,12-13,17H2,1-2H3. The fraction of sp³-hybridized carbons (Fsp3) is 0.308. The van der Waals surface area contributed by atoms with Gasteiger partial charge in [0, 0.05) is 38.8 Å². The number of rotatable bonds is 7. The Hall–Kier alpha value is -3.08. The molecule has 2 heterocycles. The average molecular weight is 518 g/mol. The third kappa shape index (κ3) is 5.66. The summed E-state index contributed by atoms with van der Waals surface area (Å²) in [5.74, 6) is -0.597. The van der Waals surface area contributed by atoms with Gasteiger partial charge in [-0.1, -0.05) is 36.4 Å². The van der Waals surface area contributed by atoms with E-state index in [9.17, 15) is 27.3 Å². The monoisotopic (exact) mass is 517 g/mol. The van der Waals surface area contributed by atoms with Crippen molar-refractivity contribution in [2.24, 2.45) is 0 Å². The Kier molecular flexibility index (Phi) is 7.58. The Morgan fingerprint density at radius 3 is 2.28 bits per heavy atom. The van der Waals surface area contributed by atoms with Crippen LogP contribution in [-0.2, 0) is 24.1 Å². The zero-order valence-corrected chi connectivity index (χ0v) is 20.7. The Morgan fingerprint density at radius 2 is 1.67 bits per heavy atom. The molecule has 10 heteroatoms. The van der Waals surface area contributed by atoms with E-state index in [2.05, 4.69) is 0 Å². The fourth-order valence-electron chi connectivity index (χ4n) is 4.09. The van der Waals surface area contributed by atoms with Crippen LogP contribution >= 0.6 is 0 Å². The maximum Gasteiger partial charge on any atom is 0.416 e. The van der Waals surface area contributed by atoms with Gasteiger partial charge in [-0.05, 0) is 36.1 Å². The summed E-state index contributed by atoms with van der Waals surface area (Å²) in [4.78, 5) is 27.6. The van der Waals surface area contributed by atoms with Gasteiger partial charge in [0.1, 0.15) is 5.69 Å². The van der Waals surface area contributed by atoms with E-state index >= 15 is 0 Å². The van der Waals surface area contributed by atoms with Crippen LogP contribution in [-0.4, -0.2) is 57.2 Å². The molecule has 1 unspecified atom stereocenters. The molecule has 1 aromatic heterocycles. The predicted molar refractivity (Wildman–Crippen MR) is 131 cm³/mol. The van der Waals surface area contributed by atoms with Crippen molar-refractivity contribution in [3.8, 4) is 11.1 Å². The summed E-state index contributed by atoms with van der Waals surface area (Å²) in [5, 5.41) is 0. The van der Waals surface area contributed by atoms with E-state index in [0.717, 1.165) is 25.0 Å². The zero-order chi connectivity index (χ0) is 26.0. The van der Waals surface area contributed by atoms with Crippen LogP contribution in [0.2, 0.25) is 0 Å². The number of carbonyl (C=O) groups is 2. The van der Waals surface area contributed by atoms with Crippen LogP contribution in [0.25, 0.3) is 11.1 Å². The minimum absolute atomic E-state index is 0.144. The molecule has 0 spiro atoms. The first-order valence-corrected chi connectivity index (χ1v) is 12.5. The summed E-state index contributed by atoms with van der Waals surface area (Å²) < 4.78 is 55.4. The minimum atomic E-state index is -4.44. The Morgan fingerprint density at radius 1 is 1.00 bits per heavy atom. The SMILES string of the molecule is CN(C)C(=O)c1cc([S+]([O-])N2CCCC2)cn1CC(=O)c1ccc(-c2cccc(C(F)(F)F)c2)cc1. The van der Waals surface area contributed by atoms with Gasteiger partial charge in [0.2, 0.25) is 0 Å². The quantitative estimate of drug-likeness (QED) is 0.331. The fourth-order valence-corrected chi connectivity index (χ4v) is 5.41. The summed E-state index contributed by atoms with van der Waals surface area (Å²) in [6.45, 7) is 1.28. The summed E-state index contributed by atoms with van der Waals surface area (Å²) in [6.07, 6.45) is -0.933. The highest BCUT2D eigenvalue weighted by molar-refractivity contribution is 7.89. The van der Waals surface area contributed by atoms with Crippen molar-refractivity contribution in [3.63, 3.8) is 0 Å². The normalized spacial score (nSPS) is 15.2. The molecule has 0 saturated carbocycles. The number of benzene rings is 2. The van der Waals surface area contributed by atoms with Crippen LogP contribution in [0.15, 0.2) is 65.7 Å². The molecule has 1 atom stereocenters. The second-order valence-electron chi connectivity index (χ2n) is 8.85. The summed E-state index contributed by atoms with van der Waals surface area (Å²) in [5.41, 5.74) is 0.807.